The Morgan fingerprint density at radius 1 is 1.04 bits per heavy atom. The number of hydrogen-bond acceptors (Lipinski definition) is 4. The van der Waals surface area contributed by atoms with Crippen LogP contribution in [-0.2, 0) is 16.1 Å². The fourth-order valence-corrected chi connectivity index (χ4v) is 2.27. The van der Waals surface area contributed by atoms with Gasteiger partial charge in [-0.3, -0.25) is 9.59 Å². The smallest absolute Gasteiger partial charge is 0.387 e. The lowest BCUT2D eigenvalue weighted by atomic mass is 10.2. The van der Waals surface area contributed by atoms with Crippen molar-refractivity contribution in [1.82, 2.24) is 5.32 Å². The van der Waals surface area contributed by atoms with Gasteiger partial charge in [0.05, 0.1) is 0 Å². The first kappa shape index (κ1) is 20.6. The average Bonchev–Trinajstić information content (AvgIpc) is 2.64. The van der Waals surface area contributed by atoms with Gasteiger partial charge in [-0.2, -0.15) is 8.78 Å². The summed E-state index contributed by atoms with van der Waals surface area (Å²) in [5.41, 5.74) is 1.14. The molecule has 0 saturated carbocycles. The predicted octanol–water partition coefficient (Wildman–Crippen LogP) is 4.19. The number of alkyl halides is 2. The molecule has 144 valence electrons. The monoisotopic (exact) mass is 397 g/mol. The first-order valence-corrected chi connectivity index (χ1v) is 8.55. The van der Waals surface area contributed by atoms with Gasteiger partial charge in [-0.05, 0) is 48.4 Å². The molecule has 0 aliphatic carbocycles. The molecule has 2 aromatic carbocycles. The Labute approximate surface area is 160 Å². The van der Waals surface area contributed by atoms with Crippen LogP contribution in [0, 0.1) is 0 Å². The molecule has 0 bridgehead atoms. The van der Waals surface area contributed by atoms with Gasteiger partial charge in [0.1, 0.15) is 12.4 Å². The van der Waals surface area contributed by atoms with Crippen LogP contribution in [0.2, 0.25) is 5.02 Å². The minimum Gasteiger partial charge on any atom is -0.461 e. The highest BCUT2D eigenvalue weighted by Crippen LogP contribution is 2.15. The lowest BCUT2D eigenvalue weighted by Gasteiger charge is -2.08. The Kier molecular flexibility index (Phi) is 8.00. The van der Waals surface area contributed by atoms with Gasteiger partial charge in [-0.25, -0.2) is 0 Å². The molecule has 27 heavy (non-hydrogen) atoms. The van der Waals surface area contributed by atoms with Crippen LogP contribution in [0.1, 0.15) is 28.8 Å². The van der Waals surface area contributed by atoms with Gasteiger partial charge in [0, 0.05) is 23.6 Å². The molecule has 0 fully saturated rings. The van der Waals surface area contributed by atoms with Crippen LogP contribution in [0.15, 0.2) is 48.5 Å². The summed E-state index contributed by atoms with van der Waals surface area (Å²) in [7, 11) is 0. The number of rotatable bonds is 9. The van der Waals surface area contributed by atoms with Crippen LogP contribution >= 0.6 is 11.6 Å². The zero-order valence-electron chi connectivity index (χ0n) is 14.3. The van der Waals surface area contributed by atoms with E-state index in [1.165, 1.54) is 24.3 Å². The van der Waals surface area contributed by atoms with Crippen LogP contribution in [0.3, 0.4) is 0 Å². The summed E-state index contributed by atoms with van der Waals surface area (Å²) < 4.78 is 33.5. The fourth-order valence-electron chi connectivity index (χ4n) is 2.14. The van der Waals surface area contributed by atoms with Crippen molar-refractivity contribution < 1.29 is 27.8 Å². The van der Waals surface area contributed by atoms with Crippen molar-refractivity contribution in [1.29, 1.82) is 0 Å². The average molecular weight is 398 g/mol. The molecular formula is C19H18ClF2NO4. The molecule has 0 aromatic heterocycles. The Bertz CT molecular complexity index is 751. The maximum absolute atomic E-state index is 12.1. The van der Waals surface area contributed by atoms with E-state index in [0.717, 1.165) is 0 Å². The molecule has 0 heterocycles. The molecule has 0 spiro atoms. The van der Waals surface area contributed by atoms with E-state index in [2.05, 4.69) is 10.1 Å². The largest absolute Gasteiger partial charge is 0.461 e. The third-order valence-electron chi connectivity index (χ3n) is 3.50. The molecule has 1 N–H and O–H groups in total. The number of nitrogens with one attached hydrogen (secondary N) is 1. The van der Waals surface area contributed by atoms with Crippen molar-refractivity contribution >= 4 is 23.5 Å². The SMILES string of the molecule is O=C(CCCNC(=O)c1ccc(Cl)cc1)OCc1ccc(OC(F)F)cc1. The molecule has 1 amide bonds. The van der Waals surface area contributed by atoms with Gasteiger partial charge in [0.15, 0.2) is 0 Å². The number of ether oxygens (including phenoxy) is 2. The predicted molar refractivity (Wildman–Crippen MR) is 95.9 cm³/mol. The van der Waals surface area contributed by atoms with Crippen molar-refractivity contribution in [3.05, 3.63) is 64.7 Å². The zero-order valence-corrected chi connectivity index (χ0v) is 15.0. The maximum atomic E-state index is 12.1. The second kappa shape index (κ2) is 10.5. The molecule has 8 heteroatoms. The van der Waals surface area contributed by atoms with Gasteiger partial charge in [0.25, 0.3) is 5.91 Å². The Morgan fingerprint density at radius 2 is 1.70 bits per heavy atom. The van der Waals surface area contributed by atoms with E-state index in [1.807, 2.05) is 0 Å². The third-order valence-corrected chi connectivity index (χ3v) is 3.75. The minimum atomic E-state index is -2.88. The van der Waals surface area contributed by atoms with Crippen LogP contribution in [0.4, 0.5) is 8.78 Å². The molecule has 0 saturated heterocycles. The molecule has 5 nitrogen and oxygen atoms in total. The zero-order chi connectivity index (χ0) is 19.6. The first-order valence-electron chi connectivity index (χ1n) is 8.17. The van der Waals surface area contributed by atoms with Crippen LogP contribution in [-0.4, -0.2) is 25.0 Å². The summed E-state index contributed by atoms with van der Waals surface area (Å²) in [6.45, 7) is -2.52. The van der Waals surface area contributed by atoms with Crippen LogP contribution < -0.4 is 10.1 Å². The van der Waals surface area contributed by atoms with E-state index < -0.39 is 12.6 Å². The highest BCUT2D eigenvalue weighted by atomic mass is 35.5. The topological polar surface area (TPSA) is 64.6 Å². The molecule has 0 aliphatic heterocycles. The normalized spacial score (nSPS) is 10.5. The van der Waals surface area contributed by atoms with E-state index in [-0.39, 0.29) is 24.7 Å². The molecule has 2 rings (SSSR count). The standard InChI is InChI=1S/C19H18ClF2NO4/c20-15-7-5-14(6-8-15)18(25)23-11-1-2-17(24)26-12-13-3-9-16(10-4-13)27-19(21)22/h3-10,19H,1-2,11-12H2,(H,23,25). The molecule has 0 unspecified atom stereocenters. The van der Waals surface area contributed by atoms with Crippen molar-refractivity contribution in [2.24, 2.45) is 0 Å². The molecule has 0 aliphatic rings. The van der Waals surface area contributed by atoms with E-state index in [9.17, 15) is 18.4 Å². The van der Waals surface area contributed by atoms with Crippen molar-refractivity contribution in [2.45, 2.75) is 26.1 Å². The number of carbonyl (C=O) groups is 2. The summed E-state index contributed by atoms with van der Waals surface area (Å²) in [5, 5.41) is 3.25. The Balaban J connectivity index is 1.63. The lowest BCUT2D eigenvalue weighted by molar-refractivity contribution is -0.145. The van der Waals surface area contributed by atoms with Gasteiger partial charge in [-0.1, -0.05) is 23.7 Å². The van der Waals surface area contributed by atoms with Gasteiger partial charge < -0.3 is 14.8 Å². The summed E-state index contributed by atoms with van der Waals surface area (Å²) in [6.07, 6.45) is 0.576. The van der Waals surface area contributed by atoms with E-state index in [1.54, 1.807) is 24.3 Å². The number of hydrogen-bond donors (Lipinski definition) is 1. The van der Waals surface area contributed by atoms with Crippen molar-refractivity contribution in [2.75, 3.05) is 6.54 Å². The van der Waals surface area contributed by atoms with Crippen LogP contribution in [0.25, 0.3) is 0 Å². The second-order valence-corrected chi connectivity index (χ2v) is 5.99. The highest BCUT2D eigenvalue weighted by Gasteiger charge is 2.08. The Hall–Kier alpha value is -2.67. The maximum Gasteiger partial charge on any atom is 0.387 e. The summed E-state index contributed by atoms with van der Waals surface area (Å²) >= 11 is 5.76. The van der Waals surface area contributed by atoms with E-state index in [4.69, 9.17) is 16.3 Å². The quantitative estimate of drug-likeness (QED) is 0.509. The second-order valence-electron chi connectivity index (χ2n) is 5.55. The third kappa shape index (κ3) is 7.62. The van der Waals surface area contributed by atoms with Gasteiger partial charge in [-0.15, -0.1) is 0 Å². The van der Waals surface area contributed by atoms with Crippen LogP contribution in [0.5, 0.6) is 5.75 Å². The molecular weight excluding hydrogens is 380 g/mol. The summed E-state index contributed by atoms with van der Waals surface area (Å²) in [5.74, 6) is -0.619. The van der Waals surface area contributed by atoms with E-state index in [0.29, 0.717) is 29.1 Å². The summed E-state index contributed by atoms with van der Waals surface area (Å²) in [6, 6.07) is 12.3. The first-order chi connectivity index (χ1) is 12.9. The molecule has 0 atom stereocenters. The lowest BCUT2D eigenvalue weighted by Crippen LogP contribution is -2.24. The molecule has 2 aromatic rings. The number of esters is 1. The van der Waals surface area contributed by atoms with Crippen molar-refractivity contribution in [3.8, 4) is 5.75 Å². The number of halogens is 3. The van der Waals surface area contributed by atoms with E-state index >= 15 is 0 Å². The Morgan fingerprint density at radius 3 is 2.33 bits per heavy atom. The number of benzene rings is 2. The van der Waals surface area contributed by atoms with Gasteiger partial charge >= 0.3 is 12.6 Å². The summed E-state index contributed by atoms with van der Waals surface area (Å²) in [4.78, 5) is 23.6. The highest BCUT2D eigenvalue weighted by molar-refractivity contribution is 6.30. The number of carbonyl (C=O) groups excluding carboxylic acids is 2. The van der Waals surface area contributed by atoms with Crippen molar-refractivity contribution in [3.63, 3.8) is 0 Å². The van der Waals surface area contributed by atoms with Gasteiger partial charge in [0.2, 0.25) is 0 Å². The number of amides is 1. The molecule has 0 radical (unpaired) electrons. The minimum absolute atomic E-state index is 0.0327. The fraction of sp³-hybridized carbons (Fsp3) is 0.263.